The molecular formula is C13H18ClN. The van der Waals surface area contributed by atoms with E-state index in [0.717, 1.165) is 24.0 Å². The standard InChI is InChI=1S/C13H18ClN/c1-10(11-5-7-15-8-6-11)12-3-2-4-13(14)9-12/h2-4,9-11,15H,5-8H2,1H3/t10-/m1/s1. The Labute approximate surface area is 96.8 Å². The summed E-state index contributed by atoms with van der Waals surface area (Å²) >= 11 is 6.02. The van der Waals surface area contributed by atoms with E-state index in [1.165, 1.54) is 18.4 Å². The Balaban J connectivity index is 2.08. The van der Waals surface area contributed by atoms with E-state index < -0.39 is 0 Å². The van der Waals surface area contributed by atoms with Crippen LogP contribution >= 0.6 is 11.6 Å². The number of hydrogen-bond acceptors (Lipinski definition) is 1. The van der Waals surface area contributed by atoms with Crippen molar-refractivity contribution in [3.63, 3.8) is 0 Å². The van der Waals surface area contributed by atoms with Gasteiger partial charge in [0.1, 0.15) is 0 Å². The lowest BCUT2D eigenvalue weighted by Crippen LogP contribution is -2.30. The molecule has 1 aliphatic rings. The van der Waals surface area contributed by atoms with Crippen molar-refractivity contribution in [2.75, 3.05) is 13.1 Å². The lowest BCUT2D eigenvalue weighted by atomic mass is 9.82. The van der Waals surface area contributed by atoms with Gasteiger partial charge in [0, 0.05) is 5.02 Å². The number of benzene rings is 1. The molecule has 15 heavy (non-hydrogen) atoms. The molecule has 1 nitrogen and oxygen atoms in total. The molecule has 1 N–H and O–H groups in total. The Hall–Kier alpha value is -0.530. The van der Waals surface area contributed by atoms with Crippen molar-refractivity contribution in [2.45, 2.75) is 25.7 Å². The summed E-state index contributed by atoms with van der Waals surface area (Å²) in [6.45, 7) is 4.65. The highest BCUT2D eigenvalue weighted by molar-refractivity contribution is 6.30. The maximum Gasteiger partial charge on any atom is 0.0408 e. The molecule has 0 bridgehead atoms. The van der Waals surface area contributed by atoms with Crippen LogP contribution in [0.2, 0.25) is 5.02 Å². The minimum atomic E-state index is 0.630. The molecular weight excluding hydrogens is 206 g/mol. The van der Waals surface area contributed by atoms with E-state index in [2.05, 4.69) is 30.4 Å². The molecule has 2 heteroatoms. The van der Waals surface area contributed by atoms with Gasteiger partial charge in [-0.1, -0.05) is 30.7 Å². The van der Waals surface area contributed by atoms with Crippen molar-refractivity contribution < 1.29 is 0 Å². The molecule has 0 saturated carbocycles. The van der Waals surface area contributed by atoms with Crippen LogP contribution in [0.3, 0.4) is 0 Å². The molecule has 1 aromatic carbocycles. The van der Waals surface area contributed by atoms with Crippen LogP contribution in [0.5, 0.6) is 0 Å². The first kappa shape index (κ1) is 11.0. The average Bonchev–Trinajstić information content (AvgIpc) is 2.29. The van der Waals surface area contributed by atoms with E-state index in [0.29, 0.717) is 5.92 Å². The van der Waals surface area contributed by atoms with Crippen LogP contribution < -0.4 is 5.32 Å². The zero-order chi connectivity index (χ0) is 10.7. The Morgan fingerprint density at radius 3 is 2.73 bits per heavy atom. The Morgan fingerprint density at radius 1 is 1.33 bits per heavy atom. The monoisotopic (exact) mass is 223 g/mol. The van der Waals surface area contributed by atoms with E-state index in [9.17, 15) is 0 Å². The molecule has 0 amide bonds. The van der Waals surface area contributed by atoms with Gasteiger partial charge in [0.05, 0.1) is 0 Å². The van der Waals surface area contributed by atoms with Gasteiger partial charge in [0.25, 0.3) is 0 Å². The third kappa shape index (κ3) is 2.73. The van der Waals surface area contributed by atoms with Gasteiger partial charge < -0.3 is 5.32 Å². The van der Waals surface area contributed by atoms with E-state index in [-0.39, 0.29) is 0 Å². The predicted octanol–water partition coefficient (Wildman–Crippen LogP) is 3.44. The van der Waals surface area contributed by atoms with E-state index in [1.54, 1.807) is 0 Å². The van der Waals surface area contributed by atoms with Gasteiger partial charge in [0.2, 0.25) is 0 Å². The molecule has 0 aliphatic carbocycles. The smallest absolute Gasteiger partial charge is 0.0408 e. The second kappa shape index (κ2) is 5.00. The van der Waals surface area contributed by atoms with Crippen LogP contribution in [0.4, 0.5) is 0 Å². The summed E-state index contributed by atoms with van der Waals surface area (Å²) in [7, 11) is 0. The summed E-state index contributed by atoms with van der Waals surface area (Å²) in [5, 5.41) is 4.26. The summed E-state index contributed by atoms with van der Waals surface area (Å²) in [5.41, 5.74) is 1.38. The molecule has 1 aromatic rings. The van der Waals surface area contributed by atoms with Gasteiger partial charge in [-0.05, 0) is 55.5 Å². The third-order valence-corrected chi connectivity index (χ3v) is 3.70. The fraction of sp³-hybridized carbons (Fsp3) is 0.538. The molecule has 0 spiro atoms. The van der Waals surface area contributed by atoms with Gasteiger partial charge >= 0.3 is 0 Å². The number of piperidine rings is 1. The summed E-state index contributed by atoms with van der Waals surface area (Å²) in [4.78, 5) is 0. The van der Waals surface area contributed by atoms with Crippen molar-refractivity contribution in [2.24, 2.45) is 5.92 Å². The number of hydrogen-bond donors (Lipinski definition) is 1. The number of rotatable bonds is 2. The zero-order valence-corrected chi connectivity index (χ0v) is 9.93. The Bertz CT molecular complexity index is 318. The Morgan fingerprint density at radius 2 is 2.07 bits per heavy atom. The molecule has 0 radical (unpaired) electrons. The molecule has 0 aromatic heterocycles. The summed E-state index contributed by atoms with van der Waals surface area (Å²) in [6, 6.07) is 8.29. The molecule has 2 rings (SSSR count). The van der Waals surface area contributed by atoms with Gasteiger partial charge in [-0.3, -0.25) is 0 Å². The maximum absolute atomic E-state index is 6.02. The Kier molecular flexibility index (Phi) is 3.66. The lowest BCUT2D eigenvalue weighted by Gasteiger charge is -2.28. The van der Waals surface area contributed by atoms with Crippen molar-refractivity contribution >= 4 is 11.6 Å². The second-order valence-electron chi connectivity index (χ2n) is 4.43. The molecule has 1 atom stereocenters. The summed E-state index contributed by atoms with van der Waals surface area (Å²) < 4.78 is 0. The van der Waals surface area contributed by atoms with Gasteiger partial charge in [-0.25, -0.2) is 0 Å². The summed E-state index contributed by atoms with van der Waals surface area (Å²) in [5.74, 6) is 1.44. The van der Waals surface area contributed by atoms with Gasteiger partial charge in [-0.2, -0.15) is 0 Å². The number of nitrogens with one attached hydrogen (secondary N) is 1. The van der Waals surface area contributed by atoms with Crippen LogP contribution in [0.15, 0.2) is 24.3 Å². The number of halogens is 1. The molecule has 1 heterocycles. The fourth-order valence-corrected chi connectivity index (χ4v) is 2.60. The van der Waals surface area contributed by atoms with Gasteiger partial charge in [0.15, 0.2) is 0 Å². The SMILES string of the molecule is C[C@@H](c1cccc(Cl)c1)C1CCNCC1. The zero-order valence-electron chi connectivity index (χ0n) is 9.17. The summed E-state index contributed by atoms with van der Waals surface area (Å²) in [6.07, 6.45) is 2.57. The molecule has 1 saturated heterocycles. The van der Waals surface area contributed by atoms with Crippen LogP contribution in [0.25, 0.3) is 0 Å². The fourth-order valence-electron chi connectivity index (χ4n) is 2.41. The first-order valence-electron chi connectivity index (χ1n) is 5.73. The first-order chi connectivity index (χ1) is 7.27. The van der Waals surface area contributed by atoms with Crippen molar-refractivity contribution in [3.05, 3.63) is 34.9 Å². The van der Waals surface area contributed by atoms with Crippen molar-refractivity contribution in [1.82, 2.24) is 5.32 Å². The van der Waals surface area contributed by atoms with E-state index >= 15 is 0 Å². The molecule has 1 aliphatic heterocycles. The van der Waals surface area contributed by atoms with E-state index in [4.69, 9.17) is 11.6 Å². The quantitative estimate of drug-likeness (QED) is 0.810. The highest BCUT2D eigenvalue weighted by Gasteiger charge is 2.20. The van der Waals surface area contributed by atoms with Crippen LogP contribution in [-0.4, -0.2) is 13.1 Å². The molecule has 0 unspecified atom stereocenters. The average molecular weight is 224 g/mol. The van der Waals surface area contributed by atoms with Crippen LogP contribution in [0.1, 0.15) is 31.2 Å². The second-order valence-corrected chi connectivity index (χ2v) is 4.87. The van der Waals surface area contributed by atoms with E-state index in [1.807, 2.05) is 6.07 Å². The highest BCUT2D eigenvalue weighted by Crippen LogP contribution is 2.31. The minimum Gasteiger partial charge on any atom is -0.317 e. The highest BCUT2D eigenvalue weighted by atomic mass is 35.5. The topological polar surface area (TPSA) is 12.0 Å². The lowest BCUT2D eigenvalue weighted by molar-refractivity contribution is 0.330. The maximum atomic E-state index is 6.02. The minimum absolute atomic E-state index is 0.630. The van der Waals surface area contributed by atoms with Crippen molar-refractivity contribution in [1.29, 1.82) is 0 Å². The predicted molar refractivity (Wildman–Crippen MR) is 65.5 cm³/mol. The van der Waals surface area contributed by atoms with Crippen LogP contribution in [0, 0.1) is 5.92 Å². The third-order valence-electron chi connectivity index (χ3n) is 3.47. The first-order valence-corrected chi connectivity index (χ1v) is 6.11. The normalized spacial score (nSPS) is 20.1. The molecule has 82 valence electrons. The largest absolute Gasteiger partial charge is 0.317 e. The van der Waals surface area contributed by atoms with Gasteiger partial charge in [-0.15, -0.1) is 0 Å². The molecule has 1 fully saturated rings. The van der Waals surface area contributed by atoms with Crippen molar-refractivity contribution in [3.8, 4) is 0 Å². The van der Waals surface area contributed by atoms with Crippen LogP contribution in [-0.2, 0) is 0 Å².